The van der Waals surface area contributed by atoms with Gasteiger partial charge in [0.1, 0.15) is 5.76 Å². The first-order chi connectivity index (χ1) is 9.61. The first-order valence-corrected chi connectivity index (χ1v) is 6.28. The zero-order valence-electron chi connectivity index (χ0n) is 11.1. The monoisotopic (exact) mass is 273 g/mol. The van der Waals surface area contributed by atoms with Crippen molar-refractivity contribution in [2.75, 3.05) is 0 Å². The van der Waals surface area contributed by atoms with E-state index in [2.05, 4.69) is 5.32 Å². The van der Waals surface area contributed by atoms with Crippen LogP contribution in [0.4, 0.5) is 0 Å². The zero-order chi connectivity index (χ0) is 14.5. The maximum atomic E-state index is 12.0. The van der Waals surface area contributed by atoms with Crippen molar-refractivity contribution in [1.29, 1.82) is 0 Å². The second-order valence-electron chi connectivity index (χ2n) is 4.30. The second kappa shape index (κ2) is 6.06. The number of furan rings is 1. The van der Waals surface area contributed by atoms with Crippen LogP contribution in [-0.4, -0.2) is 17.0 Å². The van der Waals surface area contributed by atoms with Gasteiger partial charge in [-0.25, -0.2) is 4.79 Å². The molecule has 0 radical (unpaired) electrons. The molecule has 0 saturated carbocycles. The SMILES string of the molecule is CCc1occc1C(=O)NCc1ccc(C(=O)O)cc1. The Labute approximate surface area is 116 Å². The third kappa shape index (κ3) is 3.06. The number of carboxylic acids is 1. The van der Waals surface area contributed by atoms with E-state index in [4.69, 9.17) is 9.52 Å². The van der Waals surface area contributed by atoms with E-state index in [1.807, 2.05) is 6.92 Å². The second-order valence-corrected chi connectivity index (χ2v) is 4.30. The molecule has 1 heterocycles. The Kier molecular flexibility index (Phi) is 4.20. The minimum atomic E-state index is -0.966. The molecule has 2 aromatic rings. The van der Waals surface area contributed by atoms with E-state index in [-0.39, 0.29) is 11.5 Å². The highest BCUT2D eigenvalue weighted by molar-refractivity contribution is 5.95. The Balaban J connectivity index is 1.98. The number of aryl methyl sites for hydroxylation is 1. The number of aromatic carboxylic acids is 1. The van der Waals surface area contributed by atoms with Crippen molar-refractivity contribution >= 4 is 11.9 Å². The van der Waals surface area contributed by atoms with Gasteiger partial charge < -0.3 is 14.8 Å². The lowest BCUT2D eigenvalue weighted by Gasteiger charge is -2.05. The molecular formula is C15H15NO4. The summed E-state index contributed by atoms with van der Waals surface area (Å²) in [5.74, 6) is -0.506. The summed E-state index contributed by atoms with van der Waals surface area (Å²) in [6, 6.07) is 8.03. The molecule has 0 saturated heterocycles. The van der Waals surface area contributed by atoms with Gasteiger partial charge in [0, 0.05) is 13.0 Å². The van der Waals surface area contributed by atoms with Crippen LogP contribution in [0, 0.1) is 0 Å². The van der Waals surface area contributed by atoms with Crippen LogP contribution >= 0.6 is 0 Å². The molecule has 1 aromatic carbocycles. The normalized spacial score (nSPS) is 10.2. The van der Waals surface area contributed by atoms with E-state index < -0.39 is 5.97 Å². The van der Waals surface area contributed by atoms with E-state index in [1.54, 1.807) is 18.2 Å². The number of nitrogens with one attached hydrogen (secondary N) is 1. The minimum absolute atomic E-state index is 0.196. The van der Waals surface area contributed by atoms with E-state index in [0.29, 0.717) is 24.3 Å². The molecule has 5 heteroatoms. The molecule has 5 nitrogen and oxygen atoms in total. The summed E-state index contributed by atoms with van der Waals surface area (Å²) >= 11 is 0. The minimum Gasteiger partial charge on any atom is -0.478 e. The Bertz CT molecular complexity index is 613. The summed E-state index contributed by atoms with van der Waals surface area (Å²) in [6.45, 7) is 2.26. The molecule has 0 atom stereocenters. The lowest BCUT2D eigenvalue weighted by atomic mass is 10.1. The Hall–Kier alpha value is -2.56. The average Bonchev–Trinajstić information content (AvgIpc) is 2.93. The van der Waals surface area contributed by atoms with Crippen LogP contribution in [0.3, 0.4) is 0 Å². The fourth-order valence-electron chi connectivity index (χ4n) is 1.86. The number of carbonyl (C=O) groups is 2. The van der Waals surface area contributed by atoms with Gasteiger partial charge in [0.2, 0.25) is 0 Å². The van der Waals surface area contributed by atoms with E-state index in [0.717, 1.165) is 5.56 Å². The highest BCUT2D eigenvalue weighted by atomic mass is 16.4. The summed E-state index contributed by atoms with van der Waals surface area (Å²) in [7, 11) is 0. The molecule has 1 aromatic heterocycles. The third-order valence-corrected chi connectivity index (χ3v) is 2.97. The molecule has 1 amide bonds. The van der Waals surface area contributed by atoms with Crippen LogP contribution in [-0.2, 0) is 13.0 Å². The van der Waals surface area contributed by atoms with Gasteiger partial charge in [0.25, 0.3) is 5.91 Å². The summed E-state index contributed by atoms with van der Waals surface area (Å²) in [5.41, 5.74) is 1.60. The lowest BCUT2D eigenvalue weighted by Crippen LogP contribution is -2.23. The van der Waals surface area contributed by atoms with Crippen LogP contribution < -0.4 is 5.32 Å². The molecular weight excluding hydrogens is 258 g/mol. The highest BCUT2D eigenvalue weighted by Crippen LogP contribution is 2.11. The standard InChI is InChI=1S/C15H15NO4/c1-2-13-12(7-8-20-13)14(17)16-9-10-3-5-11(6-4-10)15(18)19/h3-8H,2,9H2,1H3,(H,16,17)(H,18,19). The van der Waals surface area contributed by atoms with Crippen LogP contribution in [0.25, 0.3) is 0 Å². The molecule has 0 unspecified atom stereocenters. The van der Waals surface area contributed by atoms with E-state index in [9.17, 15) is 9.59 Å². The number of carboxylic acid groups (broad SMARTS) is 1. The van der Waals surface area contributed by atoms with Crippen LogP contribution in [0.5, 0.6) is 0 Å². The first kappa shape index (κ1) is 13.9. The molecule has 104 valence electrons. The third-order valence-electron chi connectivity index (χ3n) is 2.97. The molecule has 20 heavy (non-hydrogen) atoms. The van der Waals surface area contributed by atoms with Crippen LogP contribution in [0.1, 0.15) is 39.0 Å². The fraction of sp³-hybridized carbons (Fsp3) is 0.200. The van der Waals surface area contributed by atoms with Gasteiger partial charge in [-0.1, -0.05) is 19.1 Å². The van der Waals surface area contributed by atoms with Crippen molar-refractivity contribution in [1.82, 2.24) is 5.32 Å². The molecule has 0 bridgehead atoms. The number of hydrogen-bond acceptors (Lipinski definition) is 3. The van der Waals surface area contributed by atoms with Crippen molar-refractivity contribution < 1.29 is 19.1 Å². The van der Waals surface area contributed by atoms with Crippen LogP contribution in [0.2, 0.25) is 0 Å². The number of rotatable bonds is 5. The van der Waals surface area contributed by atoms with Gasteiger partial charge in [-0.15, -0.1) is 0 Å². The molecule has 2 N–H and O–H groups in total. The predicted octanol–water partition coefficient (Wildman–Crippen LogP) is 2.47. The topological polar surface area (TPSA) is 79.5 Å². The van der Waals surface area contributed by atoms with Gasteiger partial charge in [0.05, 0.1) is 17.4 Å². The van der Waals surface area contributed by atoms with Crippen molar-refractivity contribution in [2.45, 2.75) is 19.9 Å². The summed E-state index contributed by atoms with van der Waals surface area (Å²) in [6.07, 6.45) is 2.15. The number of carbonyl (C=O) groups excluding carboxylic acids is 1. The van der Waals surface area contributed by atoms with Gasteiger partial charge in [-0.2, -0.15) is 0 Å². The largest absolute Gasteiger partial charge is 0.478 e. The maximum absolute atomic E-state index is 12.0. The Morgan fingerprint density at radius 1 is 1.20 bits per heavy atom. The molecule has 0 aliphatic carbocycles. The molecule has 0 fully saturated rings. The number of hydrogen-bond donors (Lipinski definition) is 2. The van der Waals surface area contributed by atoms with E-state index >= 15 is 0 Å². The van der Waals surface area contributed by atoms with Crippen LogP contribution in [0.15, 0.2) is 41.0 Å². The summed E-state index contributed by atoms with van der Waals surface area (Å²) < 4.78 is 5.20. The molecule has 0 aliphatic heterocycles. The zero-order valence-corrected chi connectivity index (χ0v) is 11.1. The molecule has 0 spiro atoms. The Morgan fingerprint density at radius 2 is 1.90 bits per heavy atom. The predicted molar refractivity (Wildman–Crippen MR) is 72.7 cm³/mol. The van der Waals surface area contributed by atoms with Gasteiger partial charge >= 0.3 is 5.97 Å². The fourth-order valence-corrected chi connectivity index (χ4v) is 1.86. The van der Waals surface area contributed by atoms with Gasteiger partial charge in [-0.3, -0.25) is 4.79 Å². The summed E-state index contributed by atoms with van der Waals surface area (Å²) in [5, 5.41) is 11.6. The van der Waals surface area contributed by atoms with E-state index in [1.165, 1.54) is 18.4 Å². The Morgan fingerprint density at radius 3 is 2.50 bits per heavy atom. The van der Waals surface area contributed by atoms with Crippen molar-refractivity contribution in [3.8, 4) is 0 Å². The molecule has 2 rings (SSSR count). The molecule has 0 aliphatic rings. The first-order valence-electron chi connectivity index (χ1n) is 6.28. The van der Waals surface area contributed by atoms with Gasteiger partial charge in [0.15, 0.2) is 0 Å². The maximum Gasteiger partial charge on any atom is 0.335 e. The van der Waals surface area contributed by atoms with Crippen molar-refractivity contribution in [2.24, 2.45) is 0 Å². The smallest absolute Gasteiger partial charge is 0.335 e. The number of amides is 1. The van der Waals surface area contributed by atoms with Crippen molar-refractivity contribution in [3.63, 3.8) is 0 Å². The summed E-state index contributed by atoms with van der Waals surface area (Å²) in [4.78, 5) is 22.7. The number of benzene rings is 1. The quantitative estimate of drug-likeness (QED) is 0.877. The highest BCUT2D eigenvalue weighted by Gasteiger charge is 2.12. The average molecular weight is 273 g/mol. The lowest BCUT2D eigenvalue weighted by molar-refractivity contribution is 0.0696. The van der Waals surface area contributed by atoms with Crippen molar-refractivity contribution in [3.05, 3.63) is 59.0 Å². The van der Waals surface area contributed by atoms with Gasteiger partial charge in [-0.05, 0) is 23.8 Å².